The van der Waals surface area contributed by atoms with E-state index >= 15 is 0 Å². The van der Waals surface area contributed by atoms with Gasteiger partial charge in [0.1, 0.15) is 11.8 Å². The van der Waals surface area contributed by atoms with Crippen LogP contribution in [0.15, 0.2) is 35.8 Å². The Bertz CT molecular complexity index is 820. The van der Waals surface area contributed by atoms with Crippen LogP contribution < -0.4 is 0 Å². The molecule has 2 heterocycles. The number of rotatable bonds is 1. The summed E-state index contributed by atoms with van der Waals surface area (Å²) in [7, 11) is 0. The van der Waals surface area contributed by atoms with E-state index in [0.29, 0.717) is 21.7 Å². The Kier molecular flexibility index (Phi) is 2.86. The van der Waals surface area contributed by atoms with Crippen LogP contribution in [0.5, 0.6) is 5.75 Å². The summed E-state index contributed by atoms with van der Waals surface area (Å²) in [4.78, 5) is 4.22. The van der Waals surface area contributed by atoms with Gasteiger partial charge >= 0.3 is 0 Å². The van der Waals surface area contributed by atoms with Crippen molar-refractivity contribution in [3.8, 4) is 22.9 Å². The number of hydrogen-bond acceptors (Lipinski definition) is 4. The van der Waals surface area contributed by atoms with Crippen LogP contribution in [-0.4, -0.2) is 10.1 Å². The SMILES string of the molecule is N#Cc1csc2c(-c3cc(Cl)ccc3O)ccnc12. The zero-order chi connectivity index (χ0) is 13.4. The van der Waals surface area contributed by atoms with E-state index < -0.39 is 0 Å². The standard InChI is InChI=1S/C14H7ClN2OS/c15-9-1-2-12(18)11(5-9)10-3-4-17-13-8(6-16)7-19-14(10)13/h1-5,7,18H. The van der Waals surface area contributed by atoms with E-state index in [-0.39, 0.29) is 5.75 Å². The highest BCUT2D eigenvalue weighted by Gasteiger charge is 2.13. The molecule has 0 saturated carbocycles. The maximum Gasteiger partial charge on any atom is 0.123 e. The van der Waals surface area contributed by atoms with Crippen molar-refractivity contribution in [2.24, 2.45) is 0 Å². The molecular formula is C14H7ClN2OS. The molecule has 3 nitrogen and oxygen atoms in total. The van der Waals surface area contributed by atoms with Gasteiger partial charge in [-0.05, 0) is 24.3 Å². The summed E-state index contributed by atoms with van der Waals surface area (Å²) in [5.74, 6) is 0.156. The number of thiophene rings is 1. The van der Waals surface area contributed by atoms with Crippen LogP contribution in [0.4, 0.5) is 0 Å². The zero-order valence-corrected chi connectivity index (χ0v) is 11.2. The maximum atomic E-state index is 9.97. The van der Waals surface area contributed by atoms with E-state index in [4.69, 9.17) is 16.9 Å². The second-order valence-electron chi connectivity index (χ2n) is 3.96. The fourth-order valence-electron chi connectivity index (χ4n) is 1.95. The number of benzene rings is 1. The fourth-order valence-corrected chi connectivity index (χ4v) is 3.10. The van der Waals surface area contributed by atoms with E-state index in [1.165, 1.54) is 11.3 Å². The van der Waals surface area contributed by atoms with Crippen molar-refractivity contribution in [3.63, 3.8) is 0 Å². The van der Waals surface area contributed by atoms with Crippen LogP contribution in [0.1, 0.15) is 5.56 Å². The van der Waals surface area contributed by atoms with Crippen molar-refractivity contribution >= 4 is 33.2 Å². The first-order valence-electron chi connectivity index (χ1n) is 5.46. The van der Waals surface area contributed by atoms with Crippen molar-refractivity contribution in [2.75, 3.05) is 0 Å². The van der Waals surface area contributed by atoms with Gasteiger partial charge in [0, 0.05) is 27.7 Å². The van der Waals surface area contributed by atoms with Crippen LogP contribution >= 0.6 is 22.9 Å². The second kappa shape index (κ2) is 4.54. The topological polar surface area (TPSA) is 56.9 Å². The minimum atomic E-state index is 0.156. The maximum absolute atomic E-state index is 9.97. The molecule has 0 unspecified atom stereocenters. The molecule has 0 aliphatic carbocycles. The predicted molar refractivity (Wildman–Crippen MR) is 76.4 cm³/mol. The Morgan fingerprint density at radius 3 is 2.89 bits per heavy atom. The Morgan fingerprint density at radius 1 is 1.26 bits per heavy atom. The molecule has 0 amide bonds. The molecule has 5 heteroatoms. The van der Waals surface area contributed by atoms with Crippen LogP contribution in [-0.2, 0) is 0 Å². The summed E-state index contributed by atoms with van der Waals surface area (Å²) in [5, 5.41) is 21.3. The molecule has 0 atom stereocenters. The lowest BCUT2D eigenvalue weighted by molar-refractivity contribution is 0.477. The third-order valence-corrected chi connectivity index (χ3v) is 4.06. The quantitative estimate of drug-likeness (QED) is 0.729. The Balaban J connectivity index is 2.34. The van der Waals surface area contributed by atoms with E-state index in [9.17, 15) is 5.11 Å². The van der Waals surface area contributed by atoms with Gasteiger partial charge < -0.3 is 5.11 Å². The lowest BCUT2D eigenvalue weighted by Gasteiger charge is -2.06. The lowest BCUT2D eigenvalue weighted by Crippen LogP contribution is -1.83. The van der Waals surface area contributed by atoms with Gasteiger partial charge in [0.15, 0.2) is 0 Å². The van der Waals surface area contributed by atoms with Gasteiger partial charge in [-0.3, -0.25) is 4.98 Å². The highest BCUT2D eigenvalue weighted by atomic mass is 35.5. The van der Waals surface area contributed by atoms with Crippen molar-refractivity contribution in [3.05, 3.63) is 46.4 Å². The van der Waals surface area contributed by atoms with Gasteiger partial charge in [0.2, 0.25) is 0 Å². The number of halogens is 1. The third kappa shape index (κ3) is 1.93. The van der Waals surface area contributed by atoms with Crippen molar-refractivity contribution in [2.45, 2.75) is 0 Å². The number of aromatic nitrogens is 1. The highest BCUT2D eigenvalue weighted by molar-refractivity contribution is 7.18. The largest absolute Gasteiger partial charge is 0.507 e. The van der Waals surface area contributed by atoms with Gasteiger partial charge in [0.25, 0.3) is 0 Å². The molecule has 0 bridgehead atoms. The van der Waals surface area contributed by atoms with Crippen LogP contribution in [0.25, 0.3) is 21.3 Å². The first-order chi connectivity index (χ1) is 9.20. The molecule has 0 aliphatic rings. The monoisotopic (exact) mass is 286 g/mol. The summed E-state index contributed by atoms with van der Waals surface area (Å²) in [6, 6.07) is 8.82. The van der Waals surface area contributed by atoms with Crippen LogP contribution in [0.3, 0.4) is 0 Å². The number of pyridine rings is 1. The molecule has 3 aromatic rings. The van der Waals surface area contributed by atoms with Gasteiger partial charge in [0.05, 0.1) is 15.8 Å². The summed E-state index contributed by atoms with van der Waals surface area (Å²) in [6.45, 7) is 0. The molecule has 0 radical (unpaired) electrons. The molecule has 1 aromatic carbocycles. The number of nitriles is 1. The lowest BCUT2D eigenvalue weighted by atomic mass is 10.0. The summed E-state index contributed by atoms with van der Waals surface area (Å²) in [5.41, 5.74) is 2.68. The number of phenolic OH excluding ortho intramolecular Hbond substituents is 1. The molecular weight excluding hydrogens is 280 g/mol. The van der Waals surface area contributed by atoms with Gasteiger partial charge in [-0.2, -0.15) is 5.26 Å². The minimum absolute atomic E-state index is 0.156. The molecule has 1 N–H and O–H groups in total. The van der Waals surface area contributed by atoms with E-state index in [1.54, 1.807) is 29.8 Å². The molecule has 0 fully saturated rings. The van der Waals surface area contributed by atoms with Gasteiger partial charge in [-0.1, -0.05) is 11.6 Å². The van der Waals surface area contributed by atoms with E-state index in [1.807, 2.05) is 6.07 Å². The van der Waals surface area contributed by atoms with E-state index in [2.05, 4.69) is 11.1 Å². The van der Waals surface area contributed by atoms with Crippen LogP contribution in [0, 0.1) is 11.3 Å². The summed E-state index contributed by atoms with van der Waals surface area (Å²) < 4.78 is 0.872. The van der Waals surface area contributed by atoms with Crippen molar-refractivity contribution < 1.29 is 5.11 Å². The Morgan fingerprint density at radius 2 is 2.11 bits per heavy atom. The van der Waals surface area contributed by atoms with Crippen LogP contribution in [0.2, 0.25) is 5.02 Å². The van der Waals surface area contributed by atoms with Crippen molar-refractivity contribution in [1.82, 2.24) is 4.98 Å². The summed E-state index contributed by atoms with van der Waals surface area (Å²) >= 11 is 7.41. The summed E-state index contributed by atoms with van der Waals surface area (Å²) in [6.07, 6.45) is 1.63. The van der Waals surface area contributed by atoms with Crippen molar-refractivity contribution in [1.29, 1.82) is 5.26 Å². The first kappa shape index (κ1) is 12.0. The predicted octanol–water partition coefficient (Wildman–Crippen LogP) is 4.19. The molecule has 0 aliphatic heterocycles. The smallest absolute Gasteiger partial charge is 0.123 e. The fraction of sp³-hybridized carbons (Fsp3) is 0. The second-order valence-corrected chi connectivity index (χ2v) is 5.27. The molecule has 2 aromatic heterocycles. The number of aromatic hydroxyl groups is 1. The van der Waals surface area contributed by atoms with Gasteiger partial charge in [-0.25, -0.2) is 0 Å². The average Bonchev–Trinajstić information content (AvgIpc) is 2.84. The molecule has 3 rings (SSSR count). The highest BCUT2D eigenvalue weighted by Crippen LogP contribution is 2.38. The van der Waals surface area contributed by atoms with E-state index in [0.717, 1.165) is 10.3 Å². The Labute approximate surface area is 118 Å². The normalized spacial score (nSPS) is 10.5. The molecule has 92 valence electrons. The number of hydrogen-bond donors (Lipinski definition) is 1. The molecule has 0 saturated heterocycles. The minimum Gasteiger partial charge on any atom is -0.507 e. The molecule has 0 spiro atoms. The first-order valence-corrected chi connectivity index (χ1v) is 6.71. The number of phenols is 1. The molecule has 19 heavy (non-hydrogen) atoms. The average molecular weight is 287 g/mol. The Hall–Kier alpha value is -2.09. The zero-order valence-electron chi connectivity index (χ0n) is 9.59. The third-order valence-electron chi connectivity index (χ3n) is 2.82. The van der Waals surface area contributed by atoms with Gasteiger partial charge in [-0.15, -0.1) is 11.3 Å². The number of fused-ring (bicyclic) bond motifs is 1. The number of nitrogens with zero attached hydrogens (tertiary/aromatic N) is 2.